The van der Waals surface area contributed by atoms with Crippen LogP contribution in [0.5, 0.6) is 0 Å². The molecule has 7 fully saturated rings. The predicted molar refractivity (Wildman–Crippen MR) is 245 cm³/mol. The molecule has 8 nitrogen and oxygen atoms in total. The number of aliphatic hydroxyl groups is 2. The van der Waals surface area contributed by atoms with Gasteiger partial charge in [-0.3, -0.25) is 9.59 Å². The number of aliphatic hydroxyl groups excluding tert-OH is 2. The lowest BCUT2D eigenvalue weighted by Crippen LogP contribution is -2.64. The molecule has 1 saturated heterocycles. The minimum absolute atomic E-state index is 0.0235. The minimum atomic E-state index is -0.427. The molecule has 9 aliphatic rings. The van der Waals surface area contributed by atoms with Crippen molar-refractivity contribution in [3.8, 4) is 11.8 Å². The zero-order chi connectivity index (χ0) is 44.9. The molecule has 1 spiro atoms. The van der Waals surface area contributed by atoms with Crippen molar-refractivity contribution < 1.29 is 38.4 Å². The number of ether oxygens (including phenoxy) is 3. The fraction of sp³-hybridized carbons (Fsp3) is 0.745. The van der Waals surface area contributed by atoms with Gasteiger partial charge in [-0.2, -0.15) is 0 Å². The Morgan fingerprint density at radius 1 is 1.03 bits per heavy atom. The Kier molecular flexibility index (Phi) is 11.6. The van der Waals surface area contributed by atoms with Crippen LogP contribution >= 0.6 is 0 Å². The number of methoxy groups -OCH3 is 1. The second-order valence-corrected chi connectivity index (χ2v) is 22.9. The van der Waals surface area contributed by atoms with E-state index in [9.17, 15) is 19.8 Å². The molecule has 6 saturated carbocycles. The molecule has 3 unspecified atom stereocenters. The average Bonchev–Trinajstić information content (AvgIpc) is 3.74. The Balaban J connectivity index is 0.794. The summed E-state index contributed by atoms with van der Waals surface area (Å²) in [6.07, 6.45) is 15.1. The number of hydrogen-bond acceptors (Lipinski definition) is 8. The van der Waals surface area contributed by atoms with Gasteiger partial charge >= 0.3 is 5.97 Å². The summed E-state index contributed by atoms with van der Waals surface area (Å²) in [4.78, 5) is 26.5. The molecule has 0 bridgehead atoms. The quantitative estimate of drug-likeness (QED) is 0.177. The highest BCUT2D eigenvalue weighted by Gasteiger charge is 2.72. The van der Waals surface area contributed by atoms with Gasteiger partial charge in [-0.05, 0) is 190 Å². The number of allylic oxidation sites excluding steroid dienone is 4. The molecule has 64 heavy (non-hydrogen) atoms. The van der Waals surface area contributed by atoms with Crippen LogP contribution in [0.1, 0.15) is 142 Å². The van der Waals surface area contributed by atoms with E-state index >= 15 is 4.39 Å². The third-order valence-electron chi connectivity index (χ3n) is 20.6. The SMILES string of the molecule is CC#C[C@]12CCC3C4CCC5=CC(=O)CCC5=C4[C@@H](c4ccc(N(C)CCO[C@H]5CC[C@@]6(C)[C@@H](C5)C[C@@H](O)C5[C@@H]6C[C@H](O)[C@]6(C)[C@@H]([C@H](C)CCC(=O)OC)CC[C@@H]56)c(F)c4)C[C@@]31CO2. The molecule has 2 N–H and O–H groups in total. The Morgan fingerprint density at radius 2 is 1.86 bits per heavy atom. The maximum absolute atomic E-state index is 16.5. The molecule has 1 heterocycles. The van der Waals surface area contributed by atoms with Gasteiger partial charge in [0.25, 0.3) is 0 Å². The summed E-state index contributed by atoms with van der Waals surface area (Å²) in [6, 6.07) is 5.91. The van der Waals surface area contributed by atoms with Crippen molar-refractivity contribution in [2.75, 3.05) is 38.8 Å². The van der Waals surface area contributed by atoms with Crippen molar-refractivity contribution in [1.29, 1.82) is 0 Å². The number of carbonyl (C=O) groups is 2. The summed E-state index contributed by atoms with van der Waals surface area (Å²) in [5, 5.41) is 24.0. The van der Waals surface area contributed by atoms with E-state index in [-0.39, 0.29) is 63.6 Å². The molecular formula is C55H74FNO7. The predicted octanol–water partition coefficient (Wildman–Crippen LogP) is 9.51. The molecule has 0 aromatic heterocycles. The number of nitrogens with zero attached hydrogens (tertiary/aromatic N) is 1. The Morgan fingerprint density at radius 3 is 2.61 bits per heavy atom. The monoisotopic (exact) mass is 880 g/mol. The molecule has 1 aromatic rings. The summed E-state index contributed by atoms with van der Waals surface area (Å²) >= 11 is 0. The number of carbonyl (C=O) groups excluding carboxylic acids is 2. The van der Waals surface area contributed by atoms with Gasteiger partial charge in [-0.15, -0.1) is 5.92 Å². The van der Waals surface area contributed by atoms with Gasteiger partial charge in [-0.1, -0.05) is 38.3 Å². The molecule has 0 amide bonds. The molecule has 9 heteroatoms. The van der Waals surface area contributed by atoms with Crippen LogP contribution in [0.4, 0.5) is 10.1 Å². The maximum atomic E-state index is 16.5. The normalized spacial score (nSPS) is 43.4. The van der Waals surface area contributed by atoms with E-state index in [0.717, 1.165) is 102 Å². The lowest BCUT2D eigenvalue weighted by Gasteiger charge is -2.63. The van der Waals surface area contributed by atoms with E-state index < -0.39 is 17.8 Å². The van der Waals surface area contributed by atoms with E-state index in [0.29, 0.717) is 61.3 Å². The standard InChI is InChI=1S/C55H74FNO7/c1-7-20-55-22-19-42-39-12-9-33-25-36(58)11-13-38(33)50(39)40(30-54(42,55)31-64-55)34-10-16-46(45(56)26-34)57(5)23-24-63-37-18-21-52(3)35(27-37)28-47(59)51-43-15-14-41(32(2)8-17-49(61)62-6)53(43,4)48(60)29-44(51)52/h10,16,25-26,32,35,37,39-44,47-48,51,59-60H,8-9,11-15,17-19,21-24,27-31H2,1-6H3/t32-,35+,37+,39?,40-,41-,42?,43+,44+,47-,48+,51?,52+,53-,54-,55+/m1/s1. The first-order chi connectivity index (χ1) is 30.7. The van der Waals surface area contributed by atoms with Crippen molar-refractivity contribution >= 4 is 17.4 Å². The zero-order valence-electron chi connectivity index (χ0n) is 39.4. The number of halogens is 1. The summed E-state index contributed by atoms with van der Waals surface area (Å²) in [5.41, 5.74) is 5.01. The van der Waals surface area contributed by atoms with Gasteiger partial charge in [0, 0.05) is 37.8 Å². The van der Waals surface area contributed by atoms with Gasteiger partial charge in [0.05, 0.1) is 44.3 Å². The lowest BCUT2D eigenvalue weighted by molar-refractivity contribution is -0.245. The molecule has 348 valence electrons. The highest BCUT2D eigenvalue weighted by atomic mass is 19.1. The second kappa shape index (κ2) is 16.6. The number of esters is 1. The van der Waals surface area contributed by atoms with Crippen LogP contribution < -0.4 is 4.90 Å². The van der Waals surface area contributed by atoms with Crippen LogP contribution in [0.2, 0.25) is 0 Å². The summed E-state index contributed by atoms with van der Waals surface area (Å²) in [7, 11) is 3.40. The van der Waals surface area contributed by atoms with Crippen molar-refractivity contribution in [2.24, 2.45) is 63.6 Å². The first-order valence-electron chi connectivity index (χ1n) is 25.3. The van der Waals surface area contributed by atoms with E-state index in [2.05, 4.69) is 38.7 Å². The smallest absolute Gasteiger partial charge is 0.305 e. The van der Waals surface area contributed by atoms with Crippen LogP contribution in [0.25, 0.3) is 0 Å². The molecule has 10 rings (SSSR count). The third kappa shape index (κ3) is 6.78. The highest BCUT2D eigenvalue weighted by Crippen LogP contribution is 2.72. The topological polar surface area (TPSA) is 106 Å². The Hall–Kier alpha value is -3.03. The number of ketones is 1. The van der Waals surface area contributed by atoms with Crippen molar-refractivity contribution in [3.05, 3.63) is 52.4 Å². The Bertz CT molecular complexity index is 2160. The summed E-state index contributed by atoms with van der Waals surface area (Å²) in [5.74, 6) is 9.24. The van der Waals surface area contributed by atoms with E-state index in [1.807, 2.05) is 31.0 Å². The molecule has 1 aliphatic heterocycles. The first kappa shape index (κ1) is 44.8. The molecule has 16 atom stereocenters. The molecule has 8 aliphatic carbocycles. The van der Waals surface area contributed by atoms with Crippen LogP contribution in [-0.4, -0.2) is 79.8 Å². The summed E-state index contributed by atoms with van der Waals surface area (Å²) in [6.45, 7) is 10.6. The van der Waals surface area contributed by atoms with E-state index in [4.69, 9.17) is 14.2 Å². The van der Waals surface area contributed by atoms with Crippen LogP contribution in [0.15, 0.2) is 41.0 Å². The highest BCUT2D eigenvalue weighted by molar-refractivity contribution is 5.93. The van der Waals surface area contributed by atoms with Gasteiger partial charge < -0.3 is 29.3 Å². The van der Waals surface area contributed by atoms with Gasteiger partial charge in [0.1, 0.15) is 11.4 Å². The third-order valence-corrected chi connectivity index (χ3v) is 20.6. The lowest BCUT2D eigenvalue weighted by atomic mass is 9.43. The number of hydrogen-bond donors (Lipinski definition) is 2. The van der Waals surface area contributed by atoms with Gasteiger partial charge in [-0.25, -0.2) is 4.39 Å². The average molecular weight is 880 g/mol. The maximum Gasteiger partial charge on any atom is 0.305 e. The summed E-state index contributed by atoms with van der Waals surface area (Å²) < 4.78 is 34.5. The zero-order valence-corrected chi connectivity index (χ0v) is 39.4. The fourth-order valence-corrected chi connectivity index (χ4v) is 17.3. The number of fused-ring (bicyclic) bond motifs is 8. The Labute approximate surface area is 381 Å². The first-order valence-corrected chi connectivity index (χ1v) is 25.3. The van der Waals surface area contributed by atoms with Crippen LogP contribution in [-0.2, 0) is 23.8 Å². The van der Waals surface area contributed by atoms with E-state index in [1.165, 1.54) is 23.8 Å². The van der Waals surface area contributed by atoms with Gasteiger partial charge in [0.15, 0.2) is 5.78 Å². The largest absolute Gasteiger partial charge is 0.469 e. The molecule has 1 aromatic carbocycles. The van der Waals surface area contributed by atoms with E-state index in [1.54, 1.807) is 6.07 Å². The fourth-order valence-electron chi connectivity index (χ4n) is 17.3. The number of rotatable bonds is 10. The number of anilines is 1. The molecule has 0 radical (unpaired) electrons. The minimum Gasteiger partial charge on any atom is -0.469 e. The number of likely N-dealkylation sites (N-methyl/N-ethyl adjacent to an activating group) is 1. The molecular weight excluding hydrogens is 806 g/mol. The second-order valence-electron chi connectivity index (χ2n) is 22.9. The van der Waals surface area contributed by atoms with Crippen molar-refractivity contribution in [1.82, 2.24) is 0 Å². The van der Waals surface area contributed by atoms with Crippen molar-refractivity contribution in [2.45, 2.75) is 160 Å². The van der Waals surface area contributed by atoms with Crippen LogP contribution in [0, 0.1) is 81.2 Å². The van der Waals surface area contributed by atoms with Crippen molar-refractivity contribution in [3.63, 3.8) is 0 Å². The van der Waals surface area contributed by atoms with Gasteiger partial charge in [0.2, 0.25) is 0 Å². The van der Waals surface area contributed by atoms with Crippen LogP contribution in [0.3, 0.4) is 0 Å². The number of benzene rings is 1.